The molecule has 314 valence electrons. The zero-order chi connectivity index (χ0) is 42.9. The molecule has 0 bridgehead atoms. The molecule has 0 atom stereocenters. The Hall–Kier alpha value is -3.27. The van der Waals surface area contributed by atoms with Crippen LogP contribution >= 0.6 is 23.1 Å². The van der Waals surface area contributed by atoms with Crippen LogP contribution in [0.25, 0.3) is 0 Å². The molecule has 0 radical (unpaired) electrons. The normalized spacial score (nSPS) is 11.0. The minimum absolute atomic E-state index is 0. The van der Waals surface area contributed by atoms with Crippen LogP contribution in [-0.2, 0) is 42.4 Å². The van der Waals surface area contributed by atoms with Gasteiger partial charge in [0.15, 0.2) is 0 Å². The third-order valence-corrected chi connectivity index (χ3v) is 8.26. The second-order valence-electron chi connectivity index (χ2n) is 14.1. The molecule has 1 amide bonds. The van der Waals surface area contributed by atoms with Gasteiger partial charge in [-0.1, -0.05) is 35.4 Å². The van der Waals surface area contributed by atoms with E-state index in [1.165, 1.54) is 5.48 Å². The molecule has 54 heavy (non-hydrogen) atoms. The summed E-state index contributed by atoms with van der Waals surface area (Å²) in [4.78, 5) is 32.7. The van der Waals surface area contributed by atoms with Crippen molar-refractivity contribution in [2.24, 2.45) is 11.8 Å². The number of rotatable bonds is 3. The number of carbonyl (C=O) groups is 3. The van der Waals surface area contributed by atoms with Crippen molar-refractivity contribution in [3.63, 3.8) is 0 Å². The molecule has 0 fully saturated rings. The van der Waals surface area contributed by atoms with Gasteiger partial charge in [-0.3, -0.25) is 5.21 Å². The number of carbonyl (C=O) groups excluding carboxylic acids is 3. The predicted octanol–water partition coefficient (Wildman–Crippen LogP) is 7.26. The van der Waals surface area contributed by atoms with E-state index < -0.39 is 54.4 Å². The van der Waals surface area contributed by atoms with Crippen molar-refractivity contribution in [1.82, 2.24) is 5.48 Å². The van der Waals surface area contributed by atoms with E-state index in [-0.39, 0.29) is 22.2 Å². The SMILES string of the molecule is CC(C)(C)OC(=O)NO.CC(C)(C)OC(=O)OC(=O)OC(C)(C)C.Cc1cc(C)c(S(=O)(=O)Cl)c(C)c1.Cc1cc(C)c(S(=O)(=O)ON)c(C)c1.Cl.NO. The van der Waals surface area contributed by atoms with Crippen LogP contribution in [0, 0.1) is 41.5 Å². The highest BCUT2D eigenvalue weighted by atomic mass is 35.7. The van der Waals surface area contributed by atoms with Gasteiger partial charge in [0.2, 0.25) is 0 Å². The number of hydrogen-bond acceptors (Lipinski definition) is 16. The summed E-state index contributed by atoms with van der Waals surface area (Å²) >= 11 is 0. The van der Waals surface area contributed by atoms with Crippen LogP contribution in [0.2, 0.25) is 0 Å². The second-order valence-corrected chi connectivity index (χ2v) is 18.1. The molecule has 17 nitrogen and oxygen atoms in total. The molecule has 2 aromatic carbocycles. The number of benzene rings is 2. The largest absolute Gasteiger partial charge is 0.519 e. The van der Waals surface area contributed by atoms with Gasteiger partial charge in [-0.05, 0) is 126 Å². The summed E-state index contributed by atoms with van der Waals surface area (Å²) in [6.07, 6.45) is -2.95. The van der Waals surface area contributed by atoms with Gasteiger partial charge in [0.25, 0.3) is 9.05 Å². The van der Waals surface area contributed by atoms with E-state index in [9.17, 15) is 31.2 Å². The first-order valence-electron chi connectivity index (χ1n) is 15.4. The molecule has 0 aromatic heterocycles. The number of halogens is 2. The van der Waals surface area contributed by atoms with Gasteiger partial charge in [-0.2, -0.15) is 18.6 Å². The molecule has 0 aliphatic carbocycles. The maximum atomic E-state index is 11.4. The van der Waals surface area contributed by atoms with Gasteiger partial charge in [-0.15, -0.1) is 12.4 Å². The predicted molar refractivity (Wildman–Crippen MR) is 205 cm³/mol. The Labute approximate surface area is 329 Å². The highest BCUT2D eigenvalue weighted by Crippen LogP contribution is 2.25. The molecule has 0 saturated heterocycles. The molecule has 0 saturated carbocycles. The number of aryl methyl sites for hydroxylation is 6. The van der Waals surface area contributed by atoms with Crippen molar-refractivity contribution in [2.45, 2.75) is 130 Å². The smallest absolute Gasteiger partial charge is 0.442 e. The molecule has 0 heterocycles. The van der Waals surface area contributed by atoms with Crippen LogP contribution in [-0.4, -0.2) is 62.5 Å². The summed E-state index contributed by atoms with van der Waals surface area (Å²) in [6.45, 7) is 25.9. The summed E-state index contributed by atoms with van der Waals surface area (Å²) in [5.74, 6) is 8.23. The fraction of sp³-hybridized carbons (Fsp3) is 0.545. The number of amides is 1. The van der Waals surface area contributed by atoms with Gasteiger partial charge >= 0.3 is 28.5 Å². The lowest BCUT2D eigenvalue weighted by Gasteiger charge is -2.20. The Bertz CT molecular complexity index is 1660. The van der Waals surface area contributed by atoms with Gasteiger partial charge < -0.3 is 24.2 Å². The van der Waals surface area contributed by atoms with E-state index >= 15 is 0 Å². The summed E-state index contributed by atoms with van der Waals surface area (Å²) in [5, 5.41) is 14.5. The van der Waals surface area contributed by atoms with Crippen molar-refractivity contribution in [2.75, 3.05) is 0 Å². The fourth-order valence-corrected chi connectivity index (χ4v) is 6.69. The first-order chi connectivity index (χ1) is 23.7. The summed E-state index contributed by atoms with van der Waals surface area (Å²) in [7, 11) is -2.11. The lowest BCUT2D eigenvalue weighted by Crippen LogP contribution is -2.30. The van der Waals surface area contributed by atoms with Gasteiger partial charge in [0.1, 0.15) is 21.7 Å². The number of ether oxygens (including phenoxy) is 4. The Morgan fingerprint density at radius 1 is 0.630 bits per heavy atom. The Morgan fingerprint density at radius 2 is 0.907 bits per heavy atom. The minimum atomic E-state index is -3.80. The van der Waals surface area contributed by atoms with Crippen LogP contribution in [0.5, 0.6) is 0 Å². The molecule has 0 unspecified atom stereocenters. The lowest BCUT2D eigenvalue weighted by atomic mass is 10.1. The van der Waals surface area contributed by atoms with Crippen molar-refractivity contribution < 1.29 is 64.9 Å². The van der Waals surface area contributed by atoms with E-state index in [2.05, 4.69) is 19.7 Å². The van der Waals surface area contributed by atoms with Crippen molar-refractivity contribution in [3.05, 3.63) is 57.6 Å². The quantitative estimate of drug-likeness (QED) is 0.0507. The number of hydrogen-bond donors (Lipinski definition) is 5. The van der Waals surface area contributed by atoms with Crippen LogP contribution in [0.15, 0.2) is 34.1 Å². The Kier molecular flexibility index (Phi) is 25.8. The monoisotopic (exact) mass is 853 g/mol. The van der Waals surface area contributed by atoms with Crippen molar-refractivity contribution in [1.29, 1.82) is 0 Å². The molecule has 7 N–H and O–H groups in total. The van der Waals surface area contributed by atoms with Gasteiger partial charge in [-0.25, -0.2) is 34.2 Å². The highest BCUT2D eigenvalue weighted by molar-refractivity contribution is 8.13. The van der Waals surface area contributed by atoms with Gasteiger partial charge in [0.05, 0.1) is 4.90 Å². The maximum Gasteiger partial charge on any atom is 0.519 e. The molecule has 2 aromatic rings. The van der Waals surface area contributed by atoms with Crippen molar-refractivity contribution in [3.8, 4) is 0 Å². The number of hydroxylamine groups is 1. The standard InChI is InChI=1S/C10H18O5.C9H11ClO2S.C9H13NO3S.C5H11NO3.ClH.H3NO/c1-9(2,3)14-7(11)13-8(12)15-10(4,5)6;1-6-4-7(2)9(8(3)5-6)13(10,11)12;1-6-4-7(2)9(8(3)5-6)14(11,12)13-10;1-5(2,3)9-4(7)6-8;;1-2/h1-6H3;4-5H,1-3H3;4-5H,10H2,1-3H3;8H,1-3H3,(H,6,7);1H;2H,1H2. The van der Waals surface area contributed by atoms with Crippen LogP contribution in [0.4, 0.5) is 14.4 Å². The van der Waals surface area contributed by atoms with E-state index in [1.807, 2.05) is 26.0 Å². The third kappa shape index (κ3) is 26.5. The van der Waals surface area contributed by atoms with Crippen LogP contribution in [0.3, 0.4) is 0 Å². The zero-order valence-electron chi connectivity index (χ0n) is 33.4. The molecular weight excluding hydrogens is 797 g/mol. The average molecular weight is 855 g/mol. The molecule has 0 spiro atoms. The average Bonchev–Trinajstić information content (AvgIpc) is 2.90. The third-order valence-electron chi connectivity index (χ3n) is 5.27. The van der Waals surface area contributed by atoms with E-state index in [0.717, 1.165) is 11.1 Å². The zero-order valence-corrected chi connectivity index (χ0v) is 36.6. The number of nitrogens with one attached hydrogen (secondary N) is 1. The summed E-state index contributed by atoms with van der Waals surface area (Å²) in [5.41, 5.74) is 4.17. The number of nitrogens with two attached hydrogens (primary N) is 2. The molecule has 0 aliphatic heterocycles. The lowest BCUT2D eigenvalue weighted by molar-refractivity contribution is -0.0294. The first kappa shape index (κ1) is 57.5. The van der Waals surface area contributed by atoms with Crippen LogP contribution < -0.4 is 17.3 Å². The molecule has 21 heteroatoms. The van der Waals surface area contributed by atoms with Crippen LogP contribution in [0.1, 0.15) is 95.7 Å². The van der Waals surface area contributed by atoms with E-state index in [0.29, 0.717) is 22.3 Å². The van der Waals surface area contributed by atoms with Gasteiger partial charge in [0, 0.05) is 10.7 Å². The van der Waals surface area contributed by atoms with E-state index in [1.54, 1.807) is 102 Å². The Balaban J connectivity index is -0.000000306. The second kappa shape index (κ2) is 24.3. The fourth-order valence-electron chi connectivity index (χ4n) is 4.07. The summed E-state index contributed by atoms with van der Waals surface area (Å²) in [6, 6.07) is 7.17. The highest BCUT2D eigenvalue weighted by Gasteiger charge is 2.24. The minimum Gasteiger partial charge on any atom is -0.442 e. The topological polar surface area (TPSA) is 270 Å². The Morgan fingerprint density at radius 3 is 1.11 bits per heavy atom. The molecule has 0 aliphatic rings. The maximum absolute atomic E-state index is 11.4. The first-order valence-corrected chi connectivity index (χ1v) is 19.1. The molecular formula is C33H57Cl2N3O14S2. The van der Waals surface area contributed by atoms with E-state index in [4.69, 9.17) is 36.5 Å². The molecule has 2 rings (SSSR count). The van der Waals surface area contributed by atoms with Crippen molar-refractivity contribution >= 4 is 60.7 Å². The summed E-state index contributed by atoms with van der Waals surface area (Å²) < 4.78 is 67.5.